The summed E-state index contributed by atoms with van der Waals surface area (Å²) in [6, 6.07) is 13.6. The molecule has 0 amide bonds. The first kappa shape index (κ1) is 57.6. The van der Waals surface area contributed by atoms with Crippen molar-refractivity contribution in [1.29, 1.82) is 0 Å². The zero-order valence-electron chi connectivity index (χ0n) is 40.9. The summed E-state index contributed by atoms with van der Waals surface area (Å²) in [5.41, 5.74) is 4.73. The molecule has 1 aromatic heterocycles. The number of unbranched alkanes of at least 4 members (excludes halogenated alkanes) is 34. The lowest BCUT2D eigenvalue weighted by molar-refractivity contribution is -0.673. The van der Waals surface area contributed by atoms with Crippen LogP contribution in [-0.4, -0.2) is 33.2 Å². The van der Waals surface area contributed by atoms with Crippen LogP contribution >= 0.6 is 0 Å². The van der Waals surface area contributed by atoms with Crippen LogP contribution in [0.4, 0.5) is 5.69 Å². The van der Waals surface area contributed by atoms with Gasteiger partial charge in [-0.25, -0.2) is 8.42 Å². The monoisotopic (exact) mass is 881 g/mol. The van der Waals surface area contributed by atoms with Gasteiger partial charge in [0, 0.05) is 30.9 Å². The van der Waals surface area contributed by atoms with Crippen molar-refractivity contribution in [3.8, 4) is 23.5 Å². The van der Waals surface area contributed by atoms with Gasteiger partial charge in [0.25, 0.3) is 5.69 Å². The molecular weight excluding hydrogens is 785 g/mol. The standard InChI is InChI=1S/C54H93N2.CH4O4S/c1-5-8-10-12-14-16-18-20-22-24-26-28-30-32-34-36-38-40-47-56(54-44-42-51(43-45-54)52-46-49-55(4)53(7-3)50-52)48-41-39-37-35-33-31-29-27-25-23-21-19-17-15-13-11-9-6-2;1-5-6(2,3)4/h3,42-46,49-50H,5-6,8-41,47-48H2,1-2,4H3;1H3,(H,2,3,4)/q+1;/p-1. The van der Waals surface area contributed by atoms with Gasteiger partial charge < -0.3 is 9.45 Å². The van der Waals surface area contributed by atoms with E-state index in [4.69, 9.17) is 6.42 Å². The Hall–Kier alpha value is -2.40. The summed E-state index contributed by atoms with van der Waals surface area (Å²) >= 11 is 0. The van der Waals surface area contributed by atoms with Crippen LogP contribution < -0.4 is 9.47 Å². The first-order valence-electron chi connectivity index (χ1n) is 26.1. The molecule has 0 unspecified atom stereocenters. The Morgan fingerprint density at radius 1 is 0.516 bits per heavy atom. The van der Waals surface area contributed by atoms with Crippen molar-refractivity contribution in [2.75, 3.05) is 25.1 Å². The smallest absolute Gasteiger partial charge is 0.256 e. The lowest BCUT2D eigenvalue weighted by Crippen LogP contribution is -2.31. The number of aryl methyl sites for hydroxylation is 1. The molecule has 0 fully saturated rings. The zero-order valence-corrected chi connectivity index (χ0v) is 41.7. The van der Waals surface area contributed by atoms with E-state index in [0.717, 1.165) is 12.8 Å². The number of benzene rings is 1. The third kappa shape index (κ3) is 34.1. The molecule has 7 heteroatoms. The summed E-state index contributed by atoms with van der Waals surface area (Å²) in [6.45, 7) is 6.98. The molecule has 6 nitrogen and oxygen atoms in total. The third-order valence-electron chi connectivity index (χ3n) is 12.6. The van der Waals surface area contributed by atoms with Crippen molar-refractivity contribution in [3.05, 3.63) is 48.3 Å². The number of rotatable bonds is 41. The number of hydrogen-bond donors (Lipinski definition) is 0. The number of anilines is 1. The summed E-state index contributed by atoms with van der Waals surface area (Å²) in [5.74, 6) is 2.82. The maximum absolute atomic E-state index is 9.22. The van der Waals surface area contributed by atoms with E-state index in [1.807, 2.05) is 11.6 Å². The second-order valence-electron chi connectivity index (χ2n) is 18.2. The molecule has 0 bridgehead atoms. The Balaban J connectivity index is 0.00000297. The van der Waals surface area contributed by atoms with E-state index >= 15 is 0 Å². The average molecular weight is 881 g/mol. The number of terminal acetylenes is 1. The molecule has 62 heavy (non-hydrogen) atoms. The van der Waals surface area contributed by atoms with Gasteiger partial charge in [-0.15, -0.1) is 6.42 Å². The molecule has 1 heterocycles. The number of pyridine rings is 1. The van der Waals surface area contributed by atoms with Gasteiger partial charge in [-0.05, 0) is 42.0 Å². The summed E-state index contributed by atoms with van der Waals surface area (Å²) in [5, 5.41) is 0. The van der Waals surface area contributed by atoms with Crippen LogP contribution in [0.25, 0.3) is 11.1 Å². The van der Waals surface area contributed by atoms with Crippen LogP contribution in [0.1, 0.15) is 251 Å². The average Bonchev–Trinajstić information content (AvgIpc) is 3.27. The Morgan fingerprint density at radius 2 is 0.806 bits per heavy atom. The fraction of sp³-hybridized carbons (Fsp3) is 0.764. The third-order valence-corrected chi connectivity index (χ3v) is 13.0. The van der Waals surface area contributed by atoms with Gasteiger partial charge in [0.2, 0.25) is 10.4 Å². The molecule has 0 atom stereocenters. The van der Waals surface area contributed by atoms with E-state index < -0.39 is 10.4 Å². The highest BCUT2D eigenvalue weighted by molar-refractivity contribution is 7.80. The first-order chi connectivity index (χ1) is 30.3. The predicted molar refractivity (Wildman–Crippen MR) is 267 cm³/mol. The Kier molecular flexibility index (Phi) is 38.4. The van der Waals surface area contributed by atoms with Crippen molar-refractivity contribution < 1.29 is 21.7 Å². The predicted octanol–water partition coefficient (Wildman–Crippen LogP) is 16.1. The molecule has 0 radical (unpaired) electrons. The van der Waals surface area contributed by atoms with E-state index in [-0.39, 0.29) is 0 Å². The second kappa shape index (κ2) is 41.3. The van der Waals surface area contributed by atoms with E-state index in [2.05, 4.69) is 71.4 Å². The van der Waals surface area contributed by atoms with Crippen molar-refractivity contribution in [3.63, 3.8) is 0 Å². The fourth-order valence-corrected chi connectivity index (χ4v) is 8.54. The summed E-state index contributed by atoms with van der Waals surface area (Å²) < 4.78 is 33.0. The van der Waals surface area contributed by atoms with Crippen LogP contribution in [-0.2, 0) is 21.6 Å². The fourth-order valence-electron chi connectivity index (χ4n) is 8.54. The van der Waals surface area contributed by atoms with Crippen molar-refractivity contribution >= 4 is 16.1 Å². The number of nitrogens with zero attached hydrogens (tertiary/aromatic N) is 2. The van der Waals surface area contributed by atoms with Crippen molar-refractivity contribution in [2.45, 2.75) is 245 Å². The molecular formula is C55H96N2O4S. The van der Waals surface area contributed by atoms with E-state index in [1.165, 1.54) is 261 Å². The molecule has 0 N–H and O–H groups in total. The largest absolute Gasteiger partial charge is 0.726 e. The van der Waals surface area contributed by atoms with Gasteiger partial charge >= 0.3 is 0 Å². The molecule has 0 aliphatic carbocycles. The maximum Gasteiger partial charge on any atom is 0.256 e. The molecule has 0 aliphatic rings. The quantitative estimate of drug-likeness (QED) is 0.0219. The molecule has 0 spiro atoms. The molecule has 0 saturated carbocycles. The van der Waals surface area contributed by atoms with Crippen LogP contribution in [0.3, 0.4) is 0 Å². The van der Waals surface area contributed by atoms with Crippen LogP contribution in [0.2, 0.25) is 0 Å². The summed E-state index contributed by atoms with van der Waals surface area (Å²) in [7, 11) is -1.59. The van der Waals surface area contributed by atoms with Crippen molar-refractivity contribution in [1.82, 2.24) is 0 Å². The minimum absolute atomic E-state index is 0.808. The molecule has 2 aromatic rings. The van der Waals surface area contributed by atoms with Gasteiger partial charge in [0.15, 0.2) is 6.20 Å². The highest BCUT2D eigenvalue weighted by Gasteiger charge is 2.10. The van der Waals surface area contributed by atoms with Crippen LogP contribution in [0.5, 0.6) is 0 Å². The van der Waals surface area contributed by atoms with Gasteiger partial charge in [-0.3, -0.25) is 4.18 Å². The van der Waals surface area contributed by atoms with Crippen LogP contribution in [0, 0.1) is 12.3 Å². The lowest BCUT2D eigenvalue weighted by Gasteiger charge is -2.25. The Morgan fingerprint density at radius 3 is 1.08 bits per heavy atom. The van der Waals surface area contributed by atoms with Gasteiger partial charge in [0.1, 0.15) is 7.05 Å². The van der Waals surface area contributed by atoms with E-state index in [9.17, 15) is 13.0 Å². The van der Waals surface area contributed by atoms with Crippen LogP contribution in [0.15, 0.2) is 42.6 Å². The SMILES string of the molecule is C#Cc1cc(-c2ccc(N(CCCCCCCCCCCCCCCCCCCC)CCCCCCCCCCCCCCCCCCCC)cc2)cc[n+]1C.COS(=O)(=O)[O-]. The number of aromatic nitrogens is 1. The second-order valence-corrected chi connectivity index (χ2v) is 19.3. The highest BCUT2D eigenvalue weighted by Crippen LogP contribution is 2.25. The maximum atomic E-state index is 9.22. The van der Waals surface area contributed by atoms with Gasteiger partial charge in [0.05, 0.1) is 7.11 Å². The molecule has 1 aromatic carbocycles. The molecule has 2 rings (SSSR count). The van der Waals surface area contributed by atoms with Crippen molar-refractivity contribution in [2.24, 2.45) is 7.05 Å². The molecule has 356 valence electrons. The van der Waals surface area contributed by atoms with E-state index in [1.54, 1.807) is 0 Å². The highest BCUT2D eigenvalue weighted by atomic mass is 32.3. The zero-order chi connectivity index (χ0) is 45.2. The number of hydrogen-bond acceptors (Lipinski definition) is 5. The van der Waals surface area contributed by atoms with E-state index in [0.29, 0.717) is 0 Å². The summed E-state index contributed by atoms with van der Waals surface area (Å²) in [6.07, 6.45) is 59.3. The minimum atomic E-state index is -4.41. The molecule has 0 aliphatic heterocycles. The lowest BCUT2D eigenvalue weighted by atomic mass is 10.0. The minimum Gasteiger partial charge on any atom is -0.726 e. The Labute approximate surface area is 385 Å². The summed E-state index contributed by atoms with van der Waals surface area (Å²) in [4.78, 5) is 2.68. The normalized spacial score (nSPS) is 11.4. The van der Waals surface area contributed by atoms with Gasteiger partial charge in [-0.2, -0.15) is 4.57 Å². The first-order valence-corrected chi connectivity index (χ1v) is 27.4. The Bertz CT molecular complexity index is 1400. The van der Waals surface area contributed by atoms with Gasteiger partial charge in [-0.1, -0.05) is 244 Å². The topological polar surface area (TPSA) is 73.5 Å². The molecule has 0 saturated heterocycles.